The molecule has 110 valence electrons. The molecule has 1 atom stereocenters. The summed E-state index contributed by atoms with van der Waals surface area (Å²) < 4.78 is 0. The van der Waals surface area contributed by atoms with Crippen molar-refractivity contribution in [3.05, 3.63) is 21.4 Å². The van der Waals surface area contributed by atoms with Crippen molar-refractivity contribution < 1.29 is 0 Å². The van der Waals surface area contributed by atoms with E-state index in [1.165, 1.54) is 34.7 Å². The van der Waals surface area contributed by atoms with Gasteiger partial charge in [0.25, 0.3) is 0 Å². The summed E-state index contributed by atoms with van der Waals surface area (Å²) in [5.74, 6) is 0.787. The van der Waals surface area contributed by atoms with Crippen LogP contribution in [0.4, 0.5) is 0 Å². The molecule has 1 rings (SSSR count). The number of thiophene rings is 1. The molecule has 0 bridgehead atoms. The van der Waals surface area contributed by atoms with Crippen molar-refractivity contribution in [3.63, 3.8) is 0 Å². The largest absolute Gasteiger partial charge is 0.312 e. The summed E-state index contributed by atoms with van der Waals surface area (Å²) in [4.78, 5) is 5.40. The smallest absolute Gasteiger partial charge is 0.0299 e. The number of nitrogens with one attached hydrogen (secondary N) is 1. The molecule has 3 heteroatoms. The van der Waals surface area contributed by atoms with E-state index < -0.39 is 0 Å². The molecule has 2 nitrogen and oxygen atoms in total. The SMILES string of the molecule is CCCNCc1cc(CN(C)CC(C)CC)c(C)s1. The maximum atomic E-state index is 3.48. The standard InChI is InChI=1S/C16H30N2S/c1-6-8-17-10-16-9-15(14(4)19-16)12-18(5)11-13(3)7-2/h9,13,17H,6-8,10-12H2,1-5H3. The molecule has 1 aromatic rings. The van der Waals surface area contributed by atoms with E-state index in [4.69, 9.17) is 0 Å². The molecule has 0 saturated heterocycles. The summed E-state index contributed by atoms with van der Waals surface area (Å²) in [6.45, 7) is 13.5. The third-order valence-electron chi connectivity index (χ3n) is 3.56. The molecule has 1 unspecified atom stereocenters. The van der Waals surface area contributed by atoms with E-state index in [9.17, 15) is 0 Å². The number of hydrogen-bond donors (Lipinski definition) is 1. The van der Waals surface area contributed by atoms with Gasteiger partial charge >= 0.3 is 0 Å². The molecule has 0 radical (unpaired) electrons. The van der Waals surface area contributed by atoms with E-state index in [0.29, 0.717) is 0 Å². The van der Waals surface area contributed by atoms with Crippen molar-refractivity contribution in [2.24, 2.45) is 5.92 Å². The van der Waals surface area contributed by atoms with Gasteiger partial charge in [0.1, 0.15) is 0 Å². The van der Waals surface area contributed by atoms with Crippen LogP contribution < -0.4 is 5.32 Å². The highest BCUT2D eigenvalue weighted by Gasteiger charge is 2.10. The van der Waals surface area contributed by atoms with Gasteiger partial charge in [-0.1, -0.05) is 27.2 Å². The Morgan fingerprint density at radius 1 is 1.37 bits per heavy atom. The van der Waals surface area contributed by atoms with E-state index >= 15 is 0 Å². The lowest BCUT2D eigenvalue weighted by Gasteiger charge is -2.20. The van der Waals surface area contributed by atoms with E-state index in [1.807, 2.05) is 11.3 Å². The first-order valence-electron chi connectivity index (χ1n) is 7.54. The fourth-order valence-corrected chi connectivity index (χ4v) is 3.26. The van der Waals surface area contributed by atoms with Crippen LogP contribution in [0.2, 0.25) is 0 Å². The van der Waals surface area contributed by atoms with Crippen molar-refractivity contribution in [3.8, 4) is 0 Å². The summed E-state index contributed by atoms with van der Waals surface area (Å²) >= 11 is 1.94. The number of nitrogens with zero attached hydrogens (tertiary/aromatic N) is 1. The van der Waals surface area contributed by atoms with Crippen LogP contribution in [0.25, 0.3) is 0 Å². The Labute approximate surface area is 123 Å². The van der Waals surface area contributed by atoms with Gasteiger partial charge in [-0.15, -0.1) is 11.3 Å². The Morgan fingerprint density at radius 2 is 2.11 bits per heavy atom. The third kappa shape index (κ3) is 6.07. The Morgan fingerprint density at radius 3 is 2.74 bits per heavy atom. The number of hydrogen-bond acceptors (Lipinski definition) is 3. The van der Waals surface area contributed by atoms with Gasteiger partial charge in [0.15, 0.2) is 0 Å². The molecule has 0 aliphatic carbocycles. The maximum absolute atomic E-state index is 3.48. The summed E-state index contributed by atoms with van der Waals surface area (Å²) in [7, 11) is 2.23. The van der Waals surface area contributed by atoms with E-state index in [1.54, 1.807) is 0 Å². The predicted molar refractivity (Wildman–Crippen MR) is 86.8 cm³/mol. The molecule has 0 fully saturated rings. The Kier molecular flexibility index (Phi) is 7.66. The first-order valence-corrected chi connectivity index (χ1v) is 8.35. The molecule has 0 aromatic carbocycles. The van der Waals surface area contributed by atoms with Gasteiger partial charge in [-0.05, 0) is 44.5 Å². The molecule has 1 heterocycles. The van der Waals surface area contributed by atoms with Crippen LogP contribution >= 0.6 is 11.3 Å². The van der Waals surface area contributed by atoms with Gasteiger partial charge in [-0.25, -0.2) is 0 Å². The quantitative estimate of drug-likeness (QED) is 0.688. The molecule has 0 aliphatic heterocycles. The minimum absolute atomic E-state index is 0.787. The zero-order chi connectivity index (χ0) is 14.3. The normalized spacial score (nSPS) is 13.2. The van der Waals surface area contributed by atoms with E-state index in [0.717, 1.165) is 25.6 Å². The van der Waals surface area contributed by atoms with Crippen LogP contribution in [0.1, 0.15) is 48.9 Å². The predicted octanol–water partition coefficient (Wildman–Crippen LogP) is 4.03. The van der Waals surface area contributed by atoms with Crippen molar-refractivity contribution in [2.75, 3.05) is 20.1 Å². The second-order valence-corrected chi connectivity index (χ2v) is 7.02. The van der Waals surface area contributed by atoms with Gasteiger partial charge < -0.3 is 10.2 Å². The van der Waals surface area contributed by atoms with Crippen LogP contribution in [0.15, 0.2) is 6.07 Å². The Bertz CT molecular complexity index is 360. The van der Waals surface area contributed by atoms with Gasteiger partial charge in [0.2, 0.25) is 0 Å². The zero-order valence-electron chi connectivity index (χ0n) is 13.3. The second kappa shape index (κ2) is 8.72. The topological polar surface area (TPSA) is 15.3 Å². The first-order chi connectivity index (χ1) is 9.06. The molecular formula is C16H30N2S. The molecular weight excluding hydrogens is 252 g/mol. The van der Waals surface area contributed by atoms with Crippen LogP contribution in [0.5, 0.6) is 0 Å². The number of aryl methyl sites for hydroxylation is 1. The van der Waals surface area contributed by atoms with Crippen molar-refractivity contribution in [1.82, 2.24) is 10.2 Å². The third-order valence-corrected chi connectivity index (χ3v) is 4.65. The highest BCUT2D eigenvalue weighted by Crippen LogP contribution is 2.23. The minimum atomic E-state index is 0.787. The summed E-state index contributed by atoms with van der Waals surface area (Å²) in [5.41, 5.74) is 1.50. The van der Waals surface area contributed by atoms with Crippen LogP contribution in [0, 0.1) is 12.8 Å². The molecule has 1 aromatic heterocycles. The fourth-order valence-electron chi connectivity index (χ4n) is 2.24. The molecule has 0 spiro atoms. The first kappa shape index (κ1) is 16.7. The van der Waals surface area contributed by atoms with Crippen LogP contribution in [0.3, 0.4) is 0 Å². The average molecular weight is 282 g/mol. The van der Waals surface area contributed by atoms with Gasteiger partial charge in [0, 0.05) is 29.4 Å². The molecule has 1 N–H and O–H groups in total. The number of rotatable bonds is 9. The lowest BCUT2D eigenvalue weighted by molar-refractivity contribution is 0.275. The highest BCUT2D eigenvalue weighted by atomic mass is 32.1. The summed E-state index contributed by atoms with van der Waals surface area (Å²) in [6, 6.07) is 2.38. The van der Waals surface area contributed by atoms with Gasteiger partial charge in [-0.2, -0.15) is 0 Å². The molecule has 19 heavy (non-hydrogen) atoms. The van der Waals surface area contributed by atoms with Gasteiger partial charge in [0.05, 0.1) is 0 Å². The second-order valence-electron chi connectivity index (χ2n) is 5.68. The summed E-state index contributed by atoms with van der Waals surface area (Å²) in [5, 5.41) is 3.48. The average Bonchev–Trinajstić information content (AvgIpc) is 2.70. The molecule has 0 amide bonds. The van der Waals surface area contributed by atoms with Crippen molar-refractivity contribution in [1.29, 1.82) is 0 Å². The summed E-state index contributed by atoms with van der Waals surface area (Å²) in [6.07, 6.45) is 2.47. The Hall–Kier alpha value is -0.380. The highest BCUT2D eigenvalue weighted by molar-refractivity contribution is 7.12. The molecule has 0 saturated carbocycles. The zero-order valence-corrected chi connectivity index (χ0v) is 14.1. The molecule has 0 aliphatic rings. The van der Waals surface area contributed by atoms with E-state index in [-0.39, 0.29) is 0 Å². The maximum Gasteiger partial charge on any atom is 0.0299 e. The Balaban J connectivity index is 2.49. The van der Waals surface area contributed by atoms with Crippen LogP contribution in [-0.4, -0.2) is 25.0 Å². The van der Waals surface area contributed by atoms with Crippen LogP contribution in [-0.2, 0) is 13.1 Å². The fraction of sp³-hybridized carbons (Fsp3) is 0.750. The minimum Gasteiger partial charge on any atom is -0.312 e. The monoisotopic (exact) mass is 282 g/mol. The lowest BCUT2D eigenvalue weighted by atomic mass is 10.1. The lowest BCUT2D eigenvalue weighted by Crippen LogP contribution is -2.23. The van der Waals surface area contributed by atoms with Crippen molar-refractivity contribution >= 4 is 11.3 Å². The van der Waals surface area contributed by atoms with E-state index in [2.05, 4.69) is 51.0 Å². The van der Waals surface area contributed by atoms with Gasteiger partial charge in [-0.3, -0.25) is 0 Å². The van der Waals surface area contributed by atoms with Crippen molar-refractivity contribution in [2.45, 2.75) is 53.6 Å².